The SMILES string of the molecule is CC(C)N1C(=O)CC[C@@H]1C. The van der Waals surface area contributed by atoms with Gasteiger partial charge < -0.3 is 4.90 Å². The van der Waals surface area contributed by atoms with E-state index in [1.54, 1.807) is 0 Å². The van der Waals surface area contributed by atoms with Crippen LogP contribution in [0.4, 0.5) is 0 Å². The van der Waals surface area contributed by atoms with Gasteiger partial charge in [0.05, 0.1) is 0 Å². The van der Waals surface area contributed by atoms with E-state index in [0.717, 1.165) is 12.8 Å². The van der Waals surface area contributed by atoms with Gasteiger partial charge in [-0.15, -0.1) is 0 Å². The van der Waals surface area contributed by atoms with E-state index in [4.69, 9.17) is 0 Å². The molecule has 1 fully saturated rings. The van der Waals surface area contributed by atoms with Gasteiger partial charge in [0.1, 0.15) is 0 Å². The second-order valence-electron chi connectivity index (χ2n) is 3.28. The van der Waals surface area contributed by atoms with Crippen LogP contribution < -0.4 is 0 Å². The van der Waals surface area contributed by atoms with E-state index in [2.05, 4.69) is 20.8 Å². The number of likely N-dealkylation sites (tertiary alicyclic amines) is 1. The first-order chi connectivity index (χ1) is 4.63. The number of hydrogen-bond donors (Lipinski definition) is 0. The Kier molecular flexibility index (Phi) is 1.97. The summed E-state index contributed by atoms with van der Waals surface area (Å²) in [5.74, 6) is 0.322. The zero-order valence-corrected chi connectivity index (χ0v) is 6.92. The first-order valence-corrected chi connectivity index (χ1v) is 3.94. The summed E-state index contributed by atoms with van der Waals surface area (Å²) >= 11 is 0. The summed E-state index contributed by atoms with van der Waals surface area (Å²) in [4.78, 5) is 13.1. The van der Waals surface area contributed by atoms with Crippen molar-refractivity contribution in [1.29, 1.82) is 0 Å². The molecule has 0 radical (unpaired) electrons. The van der Waals surface area contributed by atoms with Gasteiger partial charge in [-0.1, -0.05) is 0 Å². The van der Waals surface area contributed by atoms with Crippen molar-refractivity contribution < 1.29 is 4.79 Å². The van der Waals surface area contributed by atoms with Crippen LogP contribution in [0.1, 0.15) is 33.6 Å². The molecule has 1 saturated heterocycles. The summed E-state index contributed by atoms with van der Waals surface area (Å²) in [6.07, 6.45) is 1.79. The normalized spacial score (nSPS) is 26.6. The zero-order valence-electron chi connectivity index (χ0n) is 6.92. The van der Waals surface area contributed by atoms with E-state index >= 15 is 0 Å². The van der Waals surface area contributed by atoms with Gasteiger partial charge in [-0.2, -0.15) is 0 Å². The molecule has 1 aliphatic rings. The van der Waals surface area contributed by atoms with Crippen LogP contribution in [0, 0.1) is 0 Å². The Morgan fingerprint density at radius 1 is 1.60 bits per heavy atom. The van der Waals surface area contributed by atoms with E-state index in [-0.39, 0.29) is 0 Å². The molecule has 1 rings (SSSR count). The van der Waals surface area contributed by atoms with Crippen molar-refractivity contribution >= 4 is 5.91 Å². The fraction of sp³-hybridized carbons (Fsp3) is 0.875. The maximum absolute atomic E-state index is 11.2. The maximum atomic E-state index is 11.2. The van der Waals surface area contributed by atoms with Crippen molar-refractivity contribution in [2.75, 3.05) is 0 Å². The highest BCUT2D eigenvalue weighted by atomic mass is 16.2. The number of rotatable bonds is 1. The average molecular weight is 141 g/mol. The van der Waals surface area contributed by atoms with E-state index in [9.17, 15) is 4.79 Å². The standard InChI is InChI=1S/C8H15NO/c1-6(2)9-7(3)4-5-8(9)10/h6-7H,4-5H2,1-3H3/t7-/m0/s1. The Hall–Kier alpha value is -0.530. The fourth-order valence-electron chi connectivity index (χ4n) is 1.64. The van der Waals surface area contributed by atoms with Gasteiger partial charge in [-0.25, -0.2) is 0 Å². The quantitative estimate of drug-likeness (QED) is 0.540. The van der Waals surface area contributed by atoms with Crippen molar-refractivity contribution in [2.24, 2.45) is 0 Å². The molecule has 2 nitrogen and oxygen atoms in total. The highest BCUT2D eigenvalue weighted by Gasteiger charge is 2.28. The Morgan fingerprint density at radius 3 is 2.40 bits per heavy atom. The van der Waals surface area contributed by atoms with Gasteiger partial charge in [-0.05, 0) is 27.2 Å². The monoisotopic (exact) mass is 141 g/mol. The molecule has 0 spiro atoms. The molecule has 0 aromatic heterocycles. The van der Waals surface area contributed by atoms with Crippen LogP contribution in [0.5, 0.6) is 0 Å². The number of carbonyl (C=O) groups is 1. The minimum Gasteiger partial charge on any atom is -0.338 e. The lowest BCUT2D eigenvalue weighted by Gasteiger charge is -2.25. The second-order valence-corrected chi connectivity index (χ2v) is 3.28. The number of amides is 1. The summed E-state index contributed by atoms with van der Waals surface area (Å²) < 4.78 is 0. The molecular weight excluding hydrogens is 126 g/mol. The van der Waals surface area contributed by atoms with Gasteiger partial charge in [-0.3, -0.25) is 4.79 Å². The van der Waals surface area contributed by atoms with E-state index in [1.165, 1.54) is 0 Å². The second kappa shape index (κ2) is 2.60. The predicted molar refractivity (Wildman–Crippen MR) is 40.7 cm³/mol. The first kappa shape index (κ1) is 7.58. The lowest BCUT2D eigenvalue weighted by molar-refractivity contribution is -0.130. The molecule has 0 saturated carbocycles. The summed E-state index contributed by atoms with van der Waals surface area (Å²) in [5, 5.41) is 0. The van der Waals surface area contributed by atoms with Crippen molar-refractivity contribution in [2.45, 2.75) is 45.7 Å². The Bertz CT molecular complexity index is 142. The molecule has 0 aliphatic carbocycles. The lowest BCUT2D eigenvalue weighted by Crippen LogP contribution is -2.36. The van der Waals surface area contributed by atoms with Gasteiger partial charge in [0.2, 0.25) is 5.91 Å². The Balaban J connectivity index is 2.63. The van der Waals surface area contributed by atoms with Crippen molar-refractivity contribution in [1.82, 2.24) is 4.90 Å². The minimum absolute atomic E-state index is 0.322. The smallest absolute Gasteiger partial charge is 0.223 e. The molecule has 2 heteroatoms. The van der Waals surface area contributed by atoms with Crippen molar-refractivity contribution in [3.63, 3.8) is 0 Å². The summed E-state index contributed by atoms with van der Waals surface area (Å²) in [6.45, 7) is 6.25. The Morgan fingerprint density at radius 2 is 2.20 bits per heavy atom. The molecule has 0 unspecified atom stereocenters. The fourth-order valence-corrected chi connectivity index (χ4v) is 1.64. The lowest BCUT2D eigenvalue weighted by atomic mass is 10.2. The van der Waals surface area contributed by atoms with E-state index in [0.29, 0.717) is 18.0 Å². The van der Waals surface area contributed by atoms with Gasteiger partial charge in [0, 0.05) is 18.5 Å². The van der Waals surface area contributed by atoms with Crippen molar-refractivity contribution in [3.05, 3.63) is 0 Å². The zero-order chi connectivity index (χ0) is 7.72. The highest BCUT2D eigenvalue weighted by Crippen LogP contribution is 2.20. The van der Waals surface area contributed by atoms with E-state index in [1.807, 2.05) is 4.90 Å². The van der Waals surface area contributed by atoms with Crippen LogP contribution in [0.2, 0.25) is 0 Å². The largest absolute Gasteiger partial charge is 0.338 e. The molecular formula is C8H15NO. The third kappa shape index (κ3) is 1.15. The van der Waals surface area contributed by atoms with Gasteiger partial charge in [0.15, 0.2) is 0 Å². The molecule has 0 N–H and O–H groups in total. The summed E-state index contributed by atoms with van der Waals surface area (Å²) in [6, 6.07) is 0.845. The third-order valence-corrected chi connectivity index (χ3v) is 2.10. The predicted octanol–water partition coefficient (Wildman–Crippen LogP) is 1.41. The number of carbonyl (C=O) groups excluding carboxylic acids is 1. The van der Waals surface area contributed by atoms with Crippen LogP contribution in [-0.2, 0) is 4.79 Å². The van der Waals surface area contributed by atoms with Gasteiger partial charge in [0.25, 0.3) is 0 Å². The molecule has 10 heavy (non-hydrogen) atoms. The molecule has 1 atom stereocenters. The van der Waals surface area contributed by atoms with E-state index < -0.39 is 0 Å². The van der Waals surface area contributed by atoms with Gasteiger partial charge >= 0.3 is 0 Å². The summed E-state index contributed by atoms with van der Waals surface area (Å²) in [7, 11) is 0. The number of nitrogens with zero attached hydrogens (tertiary/aromatic N) is 1. The van der Waals surface area contributed by atoms with Crippen molar-refractivity contribution in [3.8, 4) is 0 Å². The molecule has 0 bridgehead atoms. The Labute approximate surface area is 62.2 Å². The third-order valence-electron chi connectivity index (χ3n) is 2.10. The van der Waals surface area contributed by atoms with Crippen LogP contribution in [0.15, 0.2) is 0 Å². The minimum atomic E-state index is 0.322. The molecule has 1 amide bonds. The molecule has 58 valence electrons. The van der Waals surface area contributed by atoms with Crippen LogP contribution in [-0.4, -0.2) is 22.9 Å². The molecule has 0 aromatic carbocycles. The average Bonchev–Trinajstić information content (AvgIpc) is 2.11. The molecule has 1 heterocycles. The molecule has 1 aliphatic heterocycles. The maximum Gasteiger partial charge on any atom is 0.223 e. The molecule has 0 aromatic rings. The highest BCUT2D eigenvalue weighted by molar-refractivity contribution is 5.78. The number of hydrogen-bond acceptors (Lipinski definition) is 1. The first-order valence-electron chi connectivity index (χ1n) is 3.94. The topological polar surface area (TPSA) is 20.3 Å². The van der Waals surface area contributed by atoms with Crippen LogP contribution in [0.25, 0.3) is 0 Å². The van der Waals surface area contributed by atoms with Crippen LogP contribution in [0.3, 0.4) is 0 Å². The van der Waals surface area contributed by atoms with Crippen LogP contribution >= 0.6 is 0 Å². The summed E-state index contributed by atoms with van der Waals surface area (Å²) in [5.41, 5.74) is 0.